The van der Waals surface area contributed by atoms with E-state index < -0.39 is 0 Å². The van der Waals surface area contributed by atoms with Gasteiger partial charge in [-0.3, -0.25) is 0 Å². The molecular weight excluding hydrogens is 286 g/mol. The molecular formula is C14H23N5OS. The van der Waals surface area contributed by atoms with Crippen molar-refractivity contribution in [1.29, 1.82) is 0 Å². The van der Waals surface area contributed by atoms with Crippen LogP contribution in [0.2, 0.25) is 0 Å². The molecule has 1 aliphatic rings. The molecule has 1 aliphatic heterocycles. The van der Waals surface area contributed by atoms with Crippen molar-refractivity contribution in [3.63, 3.8) is 0 Å². The Morgan fingerprint density at radius 3 is 2.76 bits per heavy atom. The van der Waals surface area contributed by atoms with Crippen LogP contribution in [0.1, 0.15) is 18.7 Å². The topological polar surface area (TPSA) is 63.1 Å². The van der Waals surface area contributed by atoms with Crippen LogP contribution >= 0.6 is 11.8 Å². The van der Waals surface area contributed by atoms with Gasteiger partial charge in [0.2, 0.25) is 0 Å². The molecule has 7 heteroatoms. The maximum absolute atomic E-state index is 11.9. The van der Waals surface area contributed by atoms with Gasteiger partial charge in [0.15, 0.2) is 5.16 Å². The monoisotopic (exact) mass is 309 g/mol. The Kier molecular flexibility index (Phi) is 5.67. The highest BCUT2D eigenvalue weighted by molar-refractivity contribution is 7.98. The Balaban J connectivity index is 1.82. The number of aromatic nitrogens is 3. The zero-order valence-electron chi connectivity index (χ0n) is 12.7. The van der Waals surface area contributed by atoms with Crippen molar-refractivity contribution in [3.05, 3.63) is 18.5 Å². The maximum atomic E-state index is 11.9. The largest absolute Gasteiger partial charge is 0.335 e. The number of carbonyl (C=O) groups excluding carboxylic acids is 1. The second-order valence-electron chi connectivity index (χ2n) is 5.27. The summed E-state index contributed by atoms with van der Waals surface area (Å²) in [7, 11) is 2.01. The first-order valence-electron chi connectivity index (χ1n) is 7.21. The zero-order chi connectivity index (χ0) is 15.2. The number of thioether (sulfide) groups is 1. The van der Waals surface area contributed by atoms with Gasteiger partial charge in [-0.25, -0.2) is 4.79 Å². The zero-order valence-corrected chi connectivity index (χ0v) is 13.5. The molecule has 2 rings (SSSR count). The van der Waals surface area contributed by atoms with Crippen LogP contribution in [0.4, 0.5) is 4.79 Å². The van der Waals surface area contributed by atoms with E-state index in [1.54, 1.807) is 17.8 Å². The Bertz CT molecular complexity index is 494. The van der Waals surface area contributed by atoms with Crippen LogP contribution in [-0.4, -0.2) is 51.6 Å². The number of urea groups is 1. The fourth-order valence-electron chi connectivity index (χ4n) is 2.57. The second kappa shape index (κ2) is 7.49. The average Bonchev–Trinajstić information content (AvgIpc) is 2.86. The standard InChI is InChI=1S/C14H23N5OS/c1-4-7-15-13(20)19-8-5-11(6-9-19)10-12-16-17-14(21-3)18(12)2/h4,11H,1,5-10H2,2-3H3,(H,15,20). The molecule has 0 aliphatic carbocycles. The predicted octanol–water partition coefficient (Wildman–Crippen LogP) is 1.69. The molecule has 0 aromatic carbocycles. The molecule has 1 aromatic heterocycles. The normalized spacial score (nSPS) is 16.0. The van der Waals surface area contributed by atoms with Crippen molar-refractivity contribution in [1.82, 2.24) is 25.0 Å². The number of nitrogens with zero attached hydrogens (tertiary/aromatic N) is 4. The summed E-state index contributed by atoms with van der Waals surface area (Å²) in [5, 5.41) is 12.2. The van der Waals surface area contributed by atoms with E-state index in [-0.39, 0.29) is 6.03 Å². The summed E-state index contributed by atoms with van der Waals surface area (Å²) in [6.45, 7) is 5.74. The van der Waals surface area contributed by atoms with Crippen molar-refractivity contribution < 1.29 is 4.79 Å². The molecule has 1 aromatic rings. The number of hydrogen-bond donors (Lipinski definition) is 1. The molecule has 1 N–H and O–H groups in total. The van der Waals surface area contributed by atoms with Crippen LogP contribution in [-0.2, 0) is 13.5 Å². The number of nitrogens with one attached hydrogen (secondary N) is 1. The Hall–Kier alpha value is -1.50. The minimum absolute atomic E-state index is 0.0108. The van der Waals surface area contributed by atoms with Gasteiger partial charge in [-0.1, -0.05) is 17.8 Å². The summed E-state index contributed by atoms with van der Waals surface area (Å²) >= 11 is 1.61. The predicted molar refractivity (Wildman–Crippen MR) is 84.4 cm³/mol. The molecule has 2 heterocycles. The Labute approximate surface area is 130 Å². The van der Waals surface area contributed by atoms with E-state index in [1.165, 1.54) is 0 Å². The van der Waals surface area contributed by atoms with Crippen molar-refractivity contribution in [2.24, 2.45) is 13.0 Å². The maximum Gasteiger partial charge on any atom is 0.317 e. The smallest absolute Gasteiger partial charge is 0.317 e. The van der Waals surface area contributed by atoms with Gasteiger partial charge < -0.3 is 14.8 Å². The second-order valence-corrected chi connectivity index (χ2v) is 6.04. The summed E-state index contributed by atoms with van der Waals surface area (Å²) in [6.07, 6.45) is 6.67. The summed E-state index contributed by atoms with van der Waals surface area (Å²) in [6, 6.07) is 0.0108. The van der Waals surface area contributed by atoms with Crippen molar-refractivity contribution in [2.75, 3.05) is 25.9 Å². The number of rotatable bonds is 5. The van der Waals surface area contributed by atoms with Gasteiger partial charge in [0.05, 0.1) is 0 Å². The molecule has 21 heavy (non-hydrogen) atoms. The molecule has 0 radical (unpaired) electrons. The molecule has 0 bridgehead atoms. The third kappa shape index (κ3) is 4.00. The van der Waals surface area contributed by atoms with Crippen LogP contribution in [0.3, 0.4) is 0 Å². The minimum Gasteiger partial charge on any atom is -0.335 e. The number of carbonyl (C=O) groups is 1. The molecule has 0 spiro atoms. The highest BCUT2D eigenvalue weighted by Gasteiger charge is 2.24. The minimum atomic E-state index is 0.0108. The lowest BCUT2D eigenvalue weighted by Crippen LogP contribution is -2.44. The first-order valence-corrected chi connectivity index (χ1v) is 8.44. The molecule has 6 nitrogen and oxygen atoms in total. The number of amides is 2. The molecule has 116 valence electrons. The molecule has 1 fully saturated rings. The van der Waals surface area contributed by atoms with Gasteiger partial charge in [-0.15, -0.1) is 16.8 Å². The van der Waals surface area contributed by atoms with Crippen molar-refractivity contribution in [2.45, 2.75) is 24.4 Å². The highest BCUT2D eigenvalue weighted by Crippen LogP contribution is 2.22. The van der Waals surface area contributed by atoms with Crippen LogP contribution in [0.25, 0.3) is 0 Å². The summed E-state index contributed by atoms with van der Waals surface area (Å²) in [4.78, 5) is 13.7. The molecule has 0 atom stereocenters. The lowest BCUT2D eigenvalue weighted by atomic mass is 9.93. The van der Waals surface area contributed by atoms with Gasteiger partial charge in [-0.05, 0) is 25.0 Å². The van der Waals surface area contributed by atoms with Gasteiger partial charge >= 0.3 is 6.03 Å². The van der Waals surface area contributed by atoms with E-state index in [2.05, 4.69) is 26.7 Å². The van der Waals surface area contributed by atoms with E-state index >= 15 is 0 Å². The summed E-state index contributed by atoms with van der Waals surface area (Å²) in [5.74, 6) is 1.61. The average molecular weight is 309 g/mol. The SMILES string of the molecule is C=CCNC(=O)N1CCC(Cc2nnc(SC)n2C)CC1. The van der Waals surface area contributed by atoms with Crippen molar-refractivity contribution >= 4 is 17.8 Å². The van der Waals surface area contributed by atoms with Gasteiger partial charge in [0.1, 0.15) is 5.82 Å². The van der Waals surface area contributed by atoms with Crippen LogP contribution in [0.5, 0.6) is 0 Å². The van der Waals surface area contributed by atoms with E-state index in [4.69, 9.17) is 0 Å². The van der Waals surface area contributed by atoms with Crippen molar-refractivity contribution in [3.8, 4) is 0 Å². The van der Waals surface area contributed by atoms with Crippen LogP contribution in [0, 0.1) is 5.92 Å². The van der Waals surface area contributed by atoms with E-state index in [0.29, 0.717) is 12.5 Å². The fraction of sp³-hybridized carbons (Fsp3) is 0.643. The molecule has 2 amide bonds. The van der Waals surface area contributed by atoms with Crippen LogP contribution < -0.4 is 5.32 Å². The first-order chi connectivity index (χ1) is 10.2. The fourth-order valence-corrected chi connectivity index (χ4v) is 3.07. The van der Waals surface area contributed by atoms with Crippen LogP contribution in [0.15, 0.2) is 17.8 Å². The Morgan fingerprint density at radius 2 is 2.19 bits per heavy atom. The number of piperidine rings is 1. The van der Waals surface area contributed by atoms with E-state index in [1.807, 2.05) is 18.2 Å². The molecule has 1 saturated heterocycles. The molecule has 0 saturated carbocycles. The summed E-state index contributed by atoms with van der Waals surface area (Å²) < 4.78 is 2.06. The summed E-state index contributed by atoms with van der Waals surface area (Å²) in [5.41, 5.74) is 0. The highest BCUT2D eigenvalue weighted by atomic mass is 32.2. The lowest BCUT2D eigenvalue weighted by Gasteiger charge is -2.31. The third-order valence-corrected chi connectivity index (χ3v) is 4.60. The lowest BCUT2D eigenvalue weighted by molar-refractivity contribution is 0.170. The van der Waals surface area contributed by atoms with Gasteiger partial charge in [0, 0.05) is 33.1 Å². The quantitative estimate of drug-likeness (QED) is 0.664. The first kappa shape index (κ1) is 15.9. The van der Waals surface area contributed by atoms with E-state index in [0.717, 1.165) is 43.3 Å². The van der Waals surface area contributed by atoms with E-state index in [9.17, 15) is 4.79 Å². The third-order valence-electron chi connectivity index (χ3n) is 3.88. The molecule has 0 unspecified atom stereocenters. The van der Waals surface area contributed by atoms with Gasteiger partial charge in [-0.2, -0.15) is 0 Å². The number of hydrogen-bond acceptors (Lipinski definition) is 4. The Morgan fingerprint density at radius 1 is 1.48 bits per heavy atom. The number of likely N-dealkylation sites (tertiary alicyclic amines) is 1. The van der Waals surface area contributed by atoms with Gasteiger partial charge in [0.25, 0.3) is 0 Å².